The van der Waals surface area contributed by atoms with Crippen LogP contribution in [-0.4, -0.2) is 23.7 Å². The Labute approximate surface area is 151 Å². The fraction of sp³-hybridized carbons (Fsp3) is 0.263. The lowest BCUT2D eigenvalue weighted by Gasteiger charge is -2.18. The minimum atomic E-state index is -0.600. The van der Waals surface area contributed by atoms with Gasteiger partial charge in [-0.05, 0) is 25.0 Å². The largest absolute Gasteiger partial charge is 0.483 e. The van der Waals surface area contributed by atoms with Crippen LogP contribution in [0.5, 0.6) is 5.75 Å². The molecule has 7 nitrogen and oxygen atoms in total. The number of ether oxygens (including phenoxy) is 1. The van der Waals surface area contributed by atoms with Crippen molar-refractivity contribution >= 4 is 17.9 Å². The number of non-ortho nitro benzene ring substituents is 1. The number of nitrogens with one attached hydrogen (secondary N) is 1. The molecule has 2 aromatic carbocycles. The lowest BCUT2D eigenvalue weighted by Crippen LogP contribution is -2.32. The van der Waals surface area contributed by atoms with Gasteiger partial charge in [0.1, 0.15) is 5.75 Å². The topological polar surface area (TPSA) is 98.5 Å². The molecular formula is C19H20N2O5. The molecule has 1 N–H and O–H groups in total. The van der Waals surface area contributed by atoms with Gasteiger partial charge in [0, 0.05) is 12.1 Å². The van der Waals surface area contributed by atoms with Crippen molar-refractivity contribution in [2.45, 2.75) is 26.3 Å². The molecule has 0 unspecified atom stereocenters. The van der Waals surface area contributed by atoms with E-state index in [-0.39, 0.29) is 35.6 Å². The first-order valence-corrected chi connectivity index (χ1v) is 8.17. The maximum absolute atomic E-state index is 12.2. The second kappa shape index (κ2) is 8.75. The molecular weight excluding hydrogens is 336 g/mol. The molecule has 0 aliphatic carbocycles. The Kier molecular flexibility index (Phi) is 6.43. The highest BCUT2D eigenvalue weighted by Crippen LogP contribution is 2.23. The minimum absolute atomic E-state index is 0.0255. The van der Waals surface area contributed by atoms with Gasteiger partial charge < -0.3 is 10.1 Å². The van der Waals surface area contributed by atoms with Crippen molar-refractivity contribution in [3.05, 3.63) is 69.3 Å². The normalized spacial score (nSPS) is 11.5. The Bertz CT molecular complexity index is 802. The third-order valence-electron chi connectivity index (χ3n) is 3.91. The van der Waals surface area contributed by atoms with Gasteiger partial charge in [-0.15, -0.1) is 0 Å². The summed E-state index contributed by atoms with van der Waals surface area (Å²) in [5.41, 5.74) is 1.94. The van der Waals surface area contributed by atoms with Crippen LogP contribution in [-0.2, 0) is 4.79 Å². The Morgan fingerprint density at radius 1 is 1.27 bits per heavy atom. The molecule has 0 radical (unpaired) electrons. The number of benzene rings is 2. The lowest BCUT2D eigenvalue weighted by atomic mass is 10.0. The van der Waals surface area contributed by atoms with Crippen molar-refractivity contribution < 1.29 is 19.2 Å². The molecule has 7 heteroatoms. The average molecular weight is 356 g/mol. The van der Waals surface area contributed by atoms with Crippen molar-refractivity contribution in [2.24, 2.45) is 0 Å². The van der Waals surface area contributed by atoms with Gasteiger partial charge >= 0.3 is 0 Å². The smallest absolute Gasteiger partial charge is 0.270 e. The van der Waals surface area contributed by atoms with E-state index < -0.39 is 4.92 Å². The third-order valence-corrected chi connectivity index (χ3v) is 3.91. The molecule has 0 aromatic heterocycles. The monoisotopic (exact) mass is 356 g/mol. The summed E-state index contributed by atoms with van der Waals surface area (Å²) in [5, 5.41) is 13.6. The highest BCUT2D eigenvalue weighted by atomic mass is 16.6. The quantitative estimate of drug-likeness (QED) is 0.444. The van der Waals surface area contributed by atoms with Gasteiger partial charge in [0.15, 0.2) is 12.9 Å². The van der Waals surface area contributed by atoms with Crippen molar-refractivity contribution in [1.82, 2.24) is 5.32 Å². The van der Waals surface area contributed by atoms with E-state index in [1.54, 1.807) is 0 Å². The predicted molar refractivity (Wildman–Crippen MR) is 96.3 cm³/mol. The molecule has 2 rings (SSSR count). The number of nitro groups is 1. The van der Waals surface area contributed by atoms with E-state index in [1.165, 1.54) is 12.1 Å². The molecule has 0 saturated carbocycles. The zero-order valence-electron chi connectivity index (χ0n) is 14.6. The molecule has 2 aromatic rings. The predicted octanol–water partition coefficient (Wildman–Crippen LogP) is 3.36. The summed E-state index contributed by atoms with van der Waals surface area (Å²) in [7, 11) is 0. The first-order chi connectivity index (χ1) is 12.4. The van der Waals surface area contributed by atoms with E-state index in [4.69, 9.17) is 4.74 Å². The van der Waals surface area contributed by atoms with E-state index in [9.17, 15) is 19.7 Å². The number of amides is 1. The molecule has 26 heavy (non-hydrogen) atoms. The summed E-state index contributed by atoms with van der Waals surface area (Å²) in [6.45, 7) is 3.67. The number of carbonyl (C=O) groups excluding carboxylic acids is 2. The average Bonchev–Trinajstić information content (AvgIpc) is 2.65. The van der Waals surface area contributed by atoms with Gasteiger partial charge in [-0.3, -0.25) is 19.7 Å². The van der Waals surface area contributed by atoms with E-state index >= 15 is 0 Å². The summed E-state index contributed by atoms with van der Waals surface area (Å²) in [5.74, 6) is -0.211. The van der Waals surface area contributed by atoms with Crippen LogP contribution >= 0.6 is 0 Å². The number of carbonyl (C=O) groups is 2. The fourth-order valence-electron chi connectivity index (χ4n) is 2.47. The van der Waals surface area contributed by atoms with Crippen LogP contribution in [0.15, 0.2) is 42.5 Å². The summed E-state index contributed by atoms with van der Waals surface area (Å²) >= 11 is 0. The molecule has 0 fully saturated rings. The van der Waals surface area contributed by atoms with Crippen molar-refractivity contribution in [3.63, 3.8) is 0 Å². The molecule has 0 aliphatic rings. The van der Waals surface area contributed by atoms with E-state index in [1.807, 2.05) is 38.1 Å². The van der Waals surface area contributed by atoms with Crippen molar-refractivity contribution in [2.75, 3.05) is 6.61 Å². The fourth-order valence-corrected chi connectivity index (χ4v) is 2.47. The summed E-state index contributed by atoms with van der Waals surface area (Å²) in [6.07, 6.45) is 1.17. The number of aryl methyl sites for hydroxylation is 1. The molecule has 0 saturated heterocycles. The summed E-state index contributed by atoms with van der Waals surface area (Å²) < 4.78 is 5.36. The van der Waals surface area contributed by atoms with Gasteiger partial charge in [-0.1, -0.05) is 36.8 Å². The number of hydrogen-bond donors (Lipinski definition) is 1. The molecule has 0 bridgehead atoms. The molecule has 0 heterocycles. The van der Waals surface area contributed by atoms with Crippen LogP contribution in [0.1, 0.15) is 40.9 Å². The number of hydrogen-bond acceptors (Lipinski definition) is 5. The zero-order valence-corrected chi connectivity index (χ0v) is 14.6. The maximum atomic E-state index is 12.2. The Balaban J connectivity index is 2.00. The Hall–Kier alpha value is -3.22. The van der Waals surface area contributed by atoms with Crippen LogP contribution in [0.3, 0.4) is 0 Å². The standard InChI is InChI=1S/C19H20N2O5/c1-3-17(14-6-4-13(2)5-7-14)20-19(23)12-26-18-9-8-16(21(24)25)10-15(18)11-22/h4-11,17H,3,12H2,1-2H3,(H,20,23)/t17-/m0/s1. The number of rotatable bonds is 8. The Morgan fingerprint density at radius 3 is 2.54 bits per heavy atom. The maximum Gasteiger partial charge on any atom is 0.270 e. The van der Waals surface area contributed by atoms with Crippen molar-refractivity contribution in [1.29, 1.82) is 0 Å². The third kappa shape index (κ3) is 4.89. The zero-order chi connectivity index (χ0) is 19.1. The second-order valence-electron chi connectivity index (χ2n) is 5.82. The van der Waals surface area contributed by atoms with E-state index in [2.05, 4.69) is 5.32 Å². The highest BCUT2D eigenvalue weighted by molar-refractivity contribution is 5.82. The van der Waals surface area contributed by atoms with Gasteiger partial charge in [0.2, 0.25) is 0 Å². The molecule has 1 atom stereocenters. The first kappa shape index (κ1) is 19.1. The number of nitro benzene ring substituents is 1. The molecule has 0 aliphatic heterocycles. The van der Waals surface area contributed by atoms with Crippen LogP contribution < -0.4 is 10.1 Å². The van der Waals surface area contributed by atoms with Crippen LogP contribution in [0.4, 0.5) is 5.69 Å². The number of nitrogens with zero attached hydrogens (tertiary/aromatic N) is 1. The van der Waals surface area contributed by atoms with E-state index in [0.717, 1.165) is 17.2 Å². The van der Waals surface area contributed by atoms with E-state index in [0.29, 0.717) is 12.7 Å². The summed E-state index contributed by atoms with van der Waals surface area (Å²) in [6, 6.07) is 11.4. The SMILES string of the molecule is CC[C@H](NC(=O)COc1ccc([N+](=O)[O-])cc1C=O)c1ccc(C)cc1. The highest BCUT2D eigenvalue weighted by Gasteiger charge is 2.15. The van der Waals surface area contributed by atoms with Gasteiger partial charge in [0.05, 0.1) is 16.5 Å². The van der Waals surface area contributed by atoms with Gasteiger partial charge in [-0.25, -0.2) is 0 Å². The second-order valence-corrected chi connectivity index (χ2v) is 5.82. The number of aldehydes is 1. The molecule has 0 spiro atoms. The summed E-state index contributed by atoms with van der Waals surface area (Å²) in [4.78, 5) is 33.4. The van der Waals surface area contributed by atoms with Crippen LogP contribution in [0, 0.1) is 17.0 Å². The van der Waals surface area contributed by atoms with Gasteiger partial charge in [-0.2, -0.15) is 0 Å². The first-order valence-electron chi connectivity index (χ1n) is 8.17. The van der Waals surface area contributed by atoms with Crippen molar-refractivity contribution in [3.8, 4) is 5.75 Å². The van der Waals surface area contributed by atoms with Gasteiger partial charge in [0.25, 0.3) is 11.6 Å². The van der Waals surface area contributed by atoms with Crippen LogP contribution in [0.2, 0.25) is 0 Å². The molecule has 1 amide bonds. The minimum Gasteiger partial charge on any atom is -0.483 e. The molecule has 136 valence electrons. The Morgan fingerprint density at radius 2 is 1.96 bits per heavy atom. The lowest BCUT2D eigenvalue weighted by molar-refractivity contribution is -0.384. The van der Waals surface area contributed by atoms with Crippen LogP contribution in [0.25, 0.3) is 0 Å².